The monoisotopic (exact) mass is 399 g/mol. The Bertz CT molecular complexity index is 682. The molecule has 4 rings (SSSR count). The highest BCUT2D eigenvalue weighted by Gasteiger charge is 2.40. The Balaban J connectivity index is 1.32. The molecule has 3 saturated heterocycles. The molecule has 6 heteroatoms. The third-order valence-corrected chi connectivity index (χ3v) is 7.21. The van der Waals surface area contributed by atoms with E-state index >= 15 is 0 Å². The highest BCUT2D eigenvalue weighted by molar-refractivity contribution is 5.78. The Morgan fingerprint density at radius 3 is 2.10 bits per heavy atom. The van der Waals surface area contributed by atoms with Gasteiger partial charge in [0, 0.05) is 62.6 Å². The molecule has 0 aliphatic carbocycles. The van der Waals surface area contributed by atoms with E-state index in [-0.39, 0.29) is 11.8 Å². The van der Waals surface area contributed by atoms with Crippen LogP contribution < -0.4 is 0 Å². The number of carbonyl (C=O) groups is 1. The number of nitrogens with zero attached hydrogens (tertiary/aromatic N) is 5. The quantitative estimate of drug-likeness (QED) is 0.762. The summed E-state index contributed by atoms with van der Waals surface area (Å²) >= 11 is 0. The number of piperazine rings is 1. The second-order valence-electron chi connectivity index (χ2n) is 9.79. The first-order chi connectivity index (χ1) is 13.9. The lowest BCUT2D eigenvalue weighted by molar-refractivity contribution is -0.135. The number of rotatable bonds is 5. The lowest BCUT2D eigenvalue weighted by Crippen LogP contribution is -2.55. The summed E-state index contributed by atoms with van der Waals surface area (Å²) in [6, 6.07) is 1.95. The number of hydrogen-bond acceptors (Lipinski definition) is 5. The van der Waals surface area contributed by atoms with Gasteiger partial charge in [-0.2, -0.15) is 0 Å². The Morgan fingerprint density at radius 2 is 1.59 bits per heavy atom. The minimum atomic E-state index is 0.0897. The summed E-state index contributed by atoms with van der Waals surface area (Å²) in [5.41, 5.74) is 1.23. The molecule has 3 fully saturated rings. The molecule has 1 amide bonds. The molecule has 29 heavy (non-hydrogen) atoms. The molecule has 0 saturated carbocycles. The number of fused-ring (bicyclic) bond motifs is 2. The van der Waals surface area contributed by atoms with Crippen LogP contribution in [0, 0.1) is 5.92 Å². The van der Waals surface area contributed by atoms with Gasteiger partial charge in [0.1, 0.15) is 5.82 Å². The van der Waals surface area contributed by atoms with Gasteiger partial charge in [0.05, 0.1) is 6.54 Å². The summed E-state index contributed by atoms with van der Waals surface area (Å²) in [5, 5.41) is 0. The van der Waals surface area contributed by atoms with Gasteiger partial charge in [0.15, 0.2) is 0 Å². The molecule has 2 unspecified atom stereocenters. The number of likely N-dealkylation sites (tertiary alicyclic amines) is 2. The van der Waals surface area contributed by atoms with Crippen LogP contribution in [0.4, 0.5) is 0 Å². The zero-order chi connectivity index (χ0) is 20.5. The molecule has 1 aromatic rings. The SMILES string of the molecule is CC(C)C(=O)N1CCC(c2cnc(CN3C4CCC3CN(C(C)C)C4)nc2)CC1. The average molecular weight is 400 g/mol. The van der Waals surface area contributed by atoms with Crippen molar-refractivity contribution in [3.63, 3.8) is 0 Å². The van der Waals surface area contributed by atoms with Crippen LogP contribution in [0.3, 0.4) is 0 Å². The van der Waals surface area contributed by atoms with Crippen molar-refractivity contribution in [1.82, 2.24) is 24.7 Å². The molecule has 2 atom stereocenters. The fraction of sp³-hybridized carbons (Fsp3) is 0.783. The number of carbonyl (C=O) groups excluding carboxylic acids is 1. The van der Waals surface area contributed by atoms with Gasteiger partial charge < -0.3 is 4.90 Å². The van der Waals surface area contributed by atoms with Gasteiger partial charge in [-0.25, -0.2) is 9.97 Å². The van der Waals surface area contributed by atoms with Crippen molar-refractivity contribution < 1.29 is 4.79 Å². The Morgan fingerprint density at radius 1 is 1.00 bits per heavy atom. The lowest BCUT2D eigenvalue weighted by atomic mass is 9.91. The van der Waals surface area contributed by atoms with Crippen molar-refractivity contribution in [1.29, 1.82) is 0 Å². The summed E-state index contributed by atoms with van der Waals surface area (Å²) in [6.45, 7) is 13.5. The van der Waals surface area contributed by atoms with Gasteiger partial charge >= 0.3 is 0 Å². The van der Waals surface area contributed by atoms with Crippen LogP contribution in [0.5, 0.6) is 0 Å². The maximum atomic E-state index is 12.2. The summed E-state index contributed by atoms with van der Waals surface area (Å²) in [6.07, 6.45) is 8.72. The molecule has 3 aliphatic rings. The van der Waals surface area contributed by atoms with Gasteiger partial charge in [-0.05, 0) is 51.0 Å². The van der Waals surface area contributed by atoms with Crippen LogP contribution in [-0.2, 0) is 11.3 Å². The van der Waals surface area contributed by atoms with Crippen LogP contribution in [-0.4, -0.2) is 74.9 Å². The van der Waals surface area contributed by atoms with Crippen molar-refractivity contribution in [2.45, 2.75) is 84.0 Å². The summed E-state index contributed by atoms with van der Waals surface area (Å²) < 4.78 is 0. The zero-order valence-electron chi connectivity index (χ0n) is 18.5. The average Bonchev–Trinajstić information content (AvgIpc) is 2.95. The first-order valence-electron chi connectivity index (χ1n) is 11.5. The van der Waals surface area contributed by atoms with E-state index in [1.807, 2.05) is 31.1 Å². The van der Waals surface area contributed by atoms with E-state index in [0.717, 1.165) is 38.3 Å². The van der Waals surface area contributed by atoms with E-state index in [1.165, 1.54) is 31.5 Å². The van der Waals surface area contributed by atoms with Crippen molar-refractivity contribution in [3.8, 4) is 0 Å². The van der Waals surface area contributed by atoms with E-state index in [4.69, 9.17) is 9.97 Å². The van der Waals surface area contributed by atoms with Gasteiger partial charge in [0.2, 0.25) is 5.91 Å². The number of piperidine rings is 1. The van der Waals surface area contributed by atoms with E-state index in [1.54, 1.807) is 0 Å². The smallest absolute Gasteiger partial charge is 0.225 e. The van der Waals surface area contributed by atoms with E-state index in [0.29, 0.717) is 24.0 Å². The van der Waals surface area contributed by atoms with Crippen LogP contribution in [0.15, 0.2) is 12.4 Å². The Hall–Kier alpha value is -1.53. The third-order valence-electron chi connectivity index (χ3n) is 7.21. The van der Waals surface area contributed by atoms with Gasteiger partial charge in [0.25, 0.3) is 0 Å². The second-order valence-corrected chi connectivity index (χ2v) is 9.79. The predicted molar refractivity (Wildman–Crippen MR) is 114 cm³/mol. The van der Waals surface area contributed by atoms with E-state index in [2.05, 4.69) is 23.6 Å². The van der Waals surface area contributed by atoms with Crippen molar-refractivity contribution >= 4 is 5.91 Å². The molecule has 4 heterocycles. The Labute approximate surface area is 175 Å². The predicted octanol–water partition coefficient (Wildman–Crippen LogP) is 2.90. The fourth-order valence-corrected chi connectivity index (χ4v) is 5.32. The van der Waals surface area contributed by atoms with Crippen molar-refractivity contribution in [2.24, 2.45) is 5.92 Å². The van der Waals surface area contributed by atoms with Crippen LogP contribution in [0.1, 0.15) is 70.7 Å². The largest absolute Gasteiger partial charge is 0.342 e. The van der Waals surface area contributed by atoms with Gasteiger partial charge in [-0.15, -0.1) is 0 Å². The minimum Gasteiger partial charge on any atom is -0.342 e. The Kier molecular flexibility index (Phi) is 6.21. The van der Waals surface area contributed by atoms with Crippen LogP contribution in [0.25, 0.3) is 0 Å². The van der Waals surface area contributed by atoms with E-state index < -0.39 is 0 Å². The first kappa shape index (κ1) is 20.7. The molecule has 2 bridgehead atoms. The normalized spacial score (nSPS) is 26.6. The highest BCUT2D eigenvalue weighted by atomic mass is 16.2. The molecular weight excluding hydrogens is 362 g/mol. The molecule has 160 valence electrons. The van der Waals surface area contributed by atoms with E-state index in [9.17, 15) is 4.79 Å². The molecule has 0 spiro atoms. The summed E-state index contributed by atoms with van der Waals surface area (Å²) in [4.78, 5) is 28.9. The molecule has 0 aromatic carbocycles. The highest BCUT2D eigenvalue weighted by Crippen LogP contribution is 2.32. The second kappa shape index (κ2) is 8.68. The molecule has 3 aliphatic heterocycles. The first-order valence-corrected chi connectivity index (χ1v) is 11.5. The fourth-order valence-electron chi connectivity index (χ4n) is 5.32. The number of amides is 1. The summed E-state index contributed by atoms with van der Waals surface area (Å²) in [7, 11) is 0. The number of hydrogen-bond donors (Lipinski definition) is 0. The molecule has 6 nitrogen and oxygen atoms in total. The standard InChI is InChI=1S/C23H37N5O/c1-16(2)23(29)26-9-7-18(8-10-26)19-11-24-22(25-12-19)15-28-20-5-6-21(28)14-27(13-20)17(3)4/h11-12,16-18,20-21H,5-10,13-15H2,1-4H3. The third kappa shape index (κ3) is 4.48. The minimum absolute atomic E-state index is 0.0897. The maximum Gasteiger partial charge on any atom is 0.225 e. The molecular formula is C23H37N5O. The lowest BCUT2D eigenvalue weighted by Gasteiger charge is -2.42. The topological polar surface area (TPSA) is 52.6 Å². The summed E-state index contributed by atoms with van der Waals surface area (Å²) in [5.74, 6) is 1.80. The van der Waals surface area contributed by atoms with Gasteiger partial charge in [-0.1, -0.05) is 13.8 Å². The molecule has 0 N–H and O–H groups in total. The molecule has 0 radical (unpaired) electrons. The zero-order valence-corrected chi connectivity index (χ0v) is 18.5. The van der Waals surface area contributed by atoms with Gasteiger partial charge in [-0.3, -0.25) is 14.6 Å². The van der Waals surface area contributed by atoms with Crippen LogP contribution >= 0.6 is 0 Å². The maximum absolute atomic E-state index is 12.2. The molecule has 1 aromatic heterocycles. The van der Waals surface area contributed by atoms with Crippen molar-refractivity contribution in [3.05, 3.63) is 23.8 Å². The van der Waals surface area contributed by atoms with Crippen LogP contribution in [0.2, 0.25) is 0 Å². The van der Waals surface area contributed by atoms with Crippen molar-refractivity contribution in [2.75, 3.05) is 26.2 Å². The number of aromatic nitrogens is 2.